The molecule has 0 spiro atoms. The lowest BCUT2D eigenvalue weighted by molar-refractivity contribution is -0.124. The summed E-state index contributed by atoms with van der Waals surface area (Å²) >= 11 is 0. The highest BCUT2D eigenvalue weighted by Gasteiger charge is 2.22. The molecule has 5 heteroatoms. The summed E-state index contributed by atoms with van der Waals surface area (Å²) in [5.41, 5.74) is 2.10. The van der Waals surface area contributed by atoms with E-state index in [0.717, 1.165) is 43.8 Å². The summed E-state index contributed by atoms with van der Waals surface area (Å²) < 4.78 is 0. The third-order valence-electron chi connectivity index (χ3n) is 5.76. The summed E-state index contributed by atoms with van der Waals surface area (Å²) in [4.78, 5) is 26.6. The van der Waals surface area contributed by atoms with Gasteiger partial charge >= 0.3 is 0 Å². The highest BCUT2D eigenvalue weighted by atomic mass is 16.2. The highest BCUT2D eigenvalue weighted by molar-refractivity contribution is 5.91. The quantitative estimate of drug-likeness (QED) is 0.770. The van der Waals surface area contributed by atoms with E-state index < -0.39 is 0 Å². The largest absolute Gasteiger partial charge is 0.355 e. The monoisotopic (exact) mass is 371 g/mol. The fraction of sp³-hybridized carbons (Fsp3) is 0.636. The predicted molar refractivity (Wildman–Crippen MR) is 108 cm³/mol. The molecule has 2 aliphatic rings. The van der Waals surface area contributed by atoms with Crippen LogP contribution in [0.15, 0.2) is 24.3 Å². The van der Waals surface area contributed by atoms with Crippen LogP contribution in [0.1, 0.15) is 57.4 Å². The molecule has 2 amide bonds. The van der Waals surface area contributed by atoms with Crippen molar-refractivity contribution in [3.8, 4) is 0 Å². The van der Waals surface area contributed by atoms with Gasteiger partial charge < -0.3 is 10.6 Å². The molecule has 1 aromatic rings. The van der Waals surface area contributed by atoms with Crippen molar-refractivity contribution < 1.29 is 9.59 Å². The molecule has 1 atom stereocenters. The zero-order valence-electron chi connectivity index (χ0n) is 16.5. The second-order valence-corrected chi connectivity index (χ2v) is 8.25. The Morgan fingerprint density at radius 1 is 1.07 bits per heavy atom. The van der Waals surface area contributed by atoms with E-state index in [1.54, 1.807) is 0 Å². The van der Waals surface area contributed by atoms with Crippen LogP contribution in [0.3, 0.4) is 0 Å². The highest BCUT2D eigenvalue weighted by Crippen LogP contribution is 2.24. The summed E-state index contributed by atoms with van der Waals surface area (Å²) in [7, 11) is 0. The Balaban J connectivity index is 1.37. The van der Waals surface area contributed by atoms with Crippen molar-refractivity contribution in [2.75, 3.05) is 25.0 Å². The second kappa shape index (κ2) is 9.88. The number of carbonyl (C=O) groups is 2. The third-order valence-corrected chi connectivity index (χ3v) is 5.76. The topological polar surface area (TPSA) is 61.4 Å². The van der Waals surface area contributed by atoms with Crippen LogP contribution in [0.5, 0.6) is 0 Å². The molecule has 0 radical (unpaired) electrons. The molecule has 3 rings (SSSR count). The molecular weight excluding hydrogens is 338 g/mol. The van der Waals surface area contributed by atoms with Gasteiger partial charge in [-0.05, 0) is 55.8 Å². The van der Waals surface area contributed by atoms with Crippen molar-refractivity contribution in [2.45, 2.75) is 58.4 Å². The molecule has 27 heavy (non-hydrogen) atoms. The molecule has 1 heterocycles. The van der Waals surface area contributed by atoms with Gasteiger partial charge in [-0.2, -0.15) is 0 Å². The van der Waals surface area contributed by atoms with Crippen LogP contribution in [0.25, 0.3) is 0 Å². The van der Waals surface area contributed by atoms with Gasteiger partial charge in [0.2, 0.25) is 11.8 Å². The number of carbonyl (C=O) groups excluding carboxylic acids is 2. The summed E-state index contributed by atoms with van der Waals surface area (Å²) in [5.74, 6) is 0.992. The van der Waals surface area contributed by atoms with Crippen LogP contribution in [-0.2, 0) is 16.1 Å². The minimum Gasteiger partial charge on any atom is -0.355 e. The lowest BCUT2D eigenvalue weighted by Gasteiger charge is -2.30. The number of nitrogens with one attached hydrogen (secondary N) is 2. The molecule has 5 nitrogen and oxygen atoms in total. The predicted octanol–water partition coefficient (Wildman–Crippen LogP) is 3.55. The van der Waals surface area contributed by atoms with Gasteiger partial charge in [-0.3, -0.25) is 14.5 Å². The Morgan fingerprint density at radius 3 is 2.52 bits per heavy atom. The van der Waals surface area contributed by atoms with E-state index in [1.165, 1.54) is 31.5 Å². The number of hydrogen-bond acceptors (Lipinski definition) is 3. The Morgan fingerprint density at radius 2 is 1.81 bits per heavy atom. The molecule has 2 fully saturated rings. The van der Waals surface area contributed by atoms with Crippen molar-refractivity contribution in [3.05, 3.63) is 29.8 Å². The van der Waals surface area contributed by atoms with E-state index in [1.807, 2.05) is 12.1 Å². The lowest BCUT2D eigenvalue weighted by Crippen LogP contribution is -2.33. The number of benzene rings is 1. The summed E-state index contributed by atoms with van der Waals surface area (Å²) in [6.45, 7) is 6.06. The van der Waals surface area contributed by atoms with Crippen LogP contribution in [0.4, 0.5) is 5.69 Å². The van der Waals surface area contributed by atoms with E-state index in [9.17, 15) is 9.59 Å². The molecule has 1 aliphatic carbocycles. The van der Waals surface area contributed by atoms with Crippen molar-refractivity contribution >= 4 is 17.5 Å². The normalized spacial score (nSPS) is 21.1. The van der Waals surface area contributed by atoms with Gasteiger partial charge in [-0.1, -0.05) is 31.9 Å². The van der Waals surface area contributed by atoms with Gasteiger partial charge in [0.1, 0.15) is 0 Å². The number of piperidine rings is 1. The zero-order valence-corrected chi connectivity index (χ0v) is 16.5. The molecule has 1 saturated carbocycles. The van der Waals surface area contributed by atoms with Gasteiger partial charge in [0.15, 0.2) is 0 Å². The van der Waals surface area contributed by atoms with Crippen LogP contribution in [0, 0.1) is 11.8 Å². The Labute approximate surface area is 162 Å². The molecule has 1 aromatic carbocycles. The minimum absolute atomic E-state index is 0.0562. The van der Waals surface area contributed by atoms with Crippen LogP contribution in [-0.4, -0.2) is 36.3 Å². The fourth-order valence-electron chi connectivity index (χ4n) is 4.24. The maximum atomic E-state index is 12.1. The van der Waals surface area contributed by atoms with E-state index >= 15 is 0 Å². The molecular formula is C22H33N3O2. The van der Waals surface area contributed by atoms with E-state index in [4.69, 9.17) is 0 Å². The van der Waals surface area contributed by atoms with Crippen LogP contribution in [0.2, 0.25) is 0 Å². The maximum absolute atomic E-state index is 12.1. The Kier molecular flexibility index (Phi) is 7.27. The molecule has 1 aliphatic heterocycles. The standard InChI is InChI=1S/C22H33N3O2/c1-17-5-4-14-25(15-17)16-18-8-10-20(11-9-18)24-21(26)12-13-23-22(27)19-6-2-3-7-19/h8-11,17,19H,2-7,12-16H2,1H3,(H,23,27)(H,24,26). The van der Waals surface area contributed by atoms with Gasteiger partial charge in [0.25, 0.3) is 0 Å². The summed E-state index contributed by atoms with van der Waals surface area (Å²) in [5, 5.41) is 5.81. The van der Waals surface area contributed by atoms with Crippen molar-refractivity contribution in [2.24, 2.45) is 11.8 Å². The molecule has 1 saturated heterocycles. The smallest absolute Gasteiger partial charge is 0.226 e. The summed E-state index contributed by atoms with van der Waals surface area (Å²) in [6.07, 6.45) is 7.19. The first-order chi connectivity index (χ1) is 13.1. The molecule has 0 bridgehead atoms. The minimum atomic E-state index is -0.0562. The zero-order chi connectivity index (χ0) is 19.1. The first kappa shape index (κ1) is 19.9. The number of nitrogens with zero attached hydrogens (tertiary/aromatic N) is 1. The van der Waals surface area contributed by atoms with E-state index in [0.29, 0.717) is 13.0 Å². The number of hydrogen-bond donors (Lipinski definition) is 2. The van der Waals surface area contributed by atoms with Crippen molar-refractivity contribution in [1.29, 1.82) is 0 Å². The number of amides is 2. The molecule has 0 aromatic heterocycles. The summed E-state index contributed by atoms with van der Waals surface area (Å²) in [6, 6.07) is 8.13. The van der Waals surface area contributed by atoms with Gasteiger partial charge in [0.05, 0.1) is 0 Å². The van der Waals surface area contributed by atoms with Crippen LogP contribution < -0.4 is 10.6 Å². The van der Waals surface area contributed by atoms with Gasteiger partial charge in [-0.25, -0.2) is 0 Å². The van der Waals surface area contributed by atoms with Crippen LogP contribution >= 0.6 is 0 Å². The Hall–Kier alpha value is -1.88. The average molecular weight is 372 g/mol. The molecule has 148 valence electrons. The van der Waals surface area contributed by atoms with E-state index in [2.05, 4.69) is 34.6 Å². The van der Waals surface area contributed by atoms with Crippen molar-refractivity contribution in [1.82, 2.24) is 10.2 Å². The maximum Gasteiger partial charge on any atom is 0.226 e. The number of anilines is 1. The van der Waals surface area contributed by atoms with Gasteiger partial charge in [0, 0.05) is 37.7 Å². The molecule has 1 unspecified atom stereocenters. The van der Waals surface area contributed by atoms with Gasteiger partial charge in [-0.15, -0.1) is 0 Å². The first-order valence-corrected chi connectivity index (χ1v) is 10.5. The Bertz CT molecular complexity index is 623. The number of rotatable bonds is 7. The third kappa shape index (κ3) is 6.35. The fourth-order valence-corrected chi connectivity index (χ4v) is 4.24. The second-order valence-electron chi connectivity index (χ2n) is 8.25. The SMILES string of the molecule is CC1CCCN(Cc2ccc(NC(=O)CCNC(=O)C3CCCC3)cc2)C1. The molecule has 2 N–H and O–H groups in total. The van der Waals surface area contributed by atoms with E-state index in [-0.39, 0.29) is 17.7 Å². The average Bonchev–Trinajstić information content (AvgIpc) is 3.18. The van der Waals surface area contributed by atoms with Crippen molar-refractivity contribution in [3.63, 3.8) is 0 Å². The number of likely N-dealkylation sites (tertiary alicyclic amines) is 1. The first-order valence-electron chi connectivity index (χ1n) is 10.5. The lowest BCUT2D eigenvalue weighted by atomic mass is 10.00.